The summed E-state index contributed by atoms with van der Waals surface area (Å²) in [6.45, 7) is 12.0. The van der Waals surface area contributed by atoms with Crippen LogP contribution in [0.15, 0.2) is 18.2 Å². The fraction of sp³-hybridized carbons (Fsp3) is 0.571. The maximum atomic E-state index is 3.55. The lowest BCUT2D eigenvalue weighted by Crippen LogP contribution is -2.30. The highest BCUT2D eigenvalue weighted by molar-refractivity contribution is 5.28. The second-order valence-electron chi connectivity index (χ2n) is 4.91. The van der Waals surface area contributed by atoms with Gasteiger partial charge in [-0.05, 0) is 32.3 Å². The number of hydrogen-bond acceptors (Lipinski definition) is 1. The van der Waals surface area contributed by atoms with Crippen molar-refractivity contribution in [3.63, 3.8) is 0 Å². The maximum absolute atomic E-state index is 3.55. The van der Waals surface area contributed by atoms with Crippen LogP contribution >= 0.6 is 0 Å². The minimum atomic E-state index is 0.575. The van der Waals surface area contributed by atoms with Gasteiger partial charge in [0.05, 0.1) is 0 Å². The van der Waals surface area contributed by atoms with Crippen molar-refractivity contribution in [2.24, 2.45) is 5.92 Å². The lowest BCUT2D eigenvalue weighted by Gasteiger charge is -2.17. The van der Waals surface area contributed by atoms with E-state index < -0.39 is 0 Å². The average Bonchev–Trinajstić information content (AvgIpc) is 2.12. The summed E-state index contributed by atoms with van der Waals surface area (Å²) in [5.41, 5.74) is 4.09. The predicted molar refractivity (Wildman–Crippen MR) is 67.1 cm³/mol. The molecule has 0 heterocycles. The van der Waals surface area contributed by atoms with Crippen LogP contribution in [-0.2, 0) is 6.54 Å². The van der Waals surface area contributed by atoms with E-state index in [2.05, 4.69) is 58.1 Å². The molecule has 0 unspecified atom stereocenters. The molecule has 15 heavy (non-hydrogen) atoms. The standard InChI is InChI=1S/C14H23N/c1-10(2)13(5)15-9-14-7-11(3)6-12(4)8-14/h6-8,10,13,15H,9H2,1-5H3/t13-/m0/s1. The largest absolute Gasteiger partial charge is 0.310 e. The molecule has 0 spiro atoms. The van der Waals surface area contributed by atoms with Gasteiger partial charge in [-0.2, -0.15) is 0 Å². The molecular formula is C14H23N. The third-order valence-electron chi connectivity index (χ3n) is 2.91. The number of benzene rings is 1. The predicted octanol–water partition coefficient (Wildman–Crippen LogP) is 3.44. The van der Waals surface area contributed by atoms with Crippen molar-refractivity contribution in [3.05, 3.63) is 34.9 Å². The Kier molecular flexibility index (Phi) is 4.34. The molecule has 1 rings (SSSR count). The Morgan fingerprint density at radius 3 is 2.00 bits per heavy atom. The molecule has 1 aromatic rings. The molecule has 0 radical (unpaired) electrons. The van der Waals surface area contributed by atoms with Crippen LogP contribution in [0.5, 0.6) is 0 Å². The molecule has 1 heteroatoms. The van der Waals surface area contributed by atoms with Gasteiger partial charge in [-0.1, -0.05) is 43.2 Å². The van der Waals surface area contributed by atoms with Gasteiger partial charge >= 0.3 is 0 Å². The van der Waals surface area contributed by atoms with Crippen molar-refractivity contribution in [1.29, 1.82) is 0 Å². The summed E-state index contributed by atoms with van der Waals surface area (Å²) in [5, 5.41) is 3.55. The van der Waals surface area contributed by atoms with Crippen molar-refractivity contribution in [3.8, 4) is 0 Å². The topological polar surface area (TPSA) is 12.0 Å². The quantitative estimate of drug-likeness (QED) is 0.794. The molecule has 1 aromatic carbocycles. The number of aryl methyl sites for hydroxylation is 2. The van der Waals surface area contributed by atoms with Gasteiger partial charge in [-0.15, -0.1) is 0 Å². The van der Waals surface area contributed by atoms with E-state index in [1.54, 1.807) is 0 Å². The van der Waals surface area contributed by atoms with E-state index in [0.717, 1.165) is 6.54 Å². The monoisotopic (exact) mass is 205 g/mol. The molecule has 0 saturated carbocycles. The molecule has 0 saturated heterocycles. The van der Waals surface area contributed by atoms with E-state index in [1.165, 1.54) is 16.7 Å². The van der Waals surface area contributed by atoms with Crippen LogP contribution in [-0.4, -0.2) is 6.04 Å². The Morgan fingerprint density at radius 2 is 1.53 bits per heavy atom. The molecule has 1 N–H and O–H groups in total. The Morgan fingerprint density at radius 1 is 1.00 bits per heavy atom. The van der Waals surface area contributed by atoms with Crippen LogP contribution in [0, 0.1) is 19.8 Å². The molecule has 0 amide bonds. The molecule has 0 fully saturated rings. The number of hydrogen-bond donors (Lipinski definition) is 1. The van der Waals surface area contributed by atoms with Gasteiger partial charge in [-0.3, -0.25) is 0 Å². The van der Waals surface area contributed by atoms with Crippen LogP contribution in [0.3, 0.4) is 0 Å². The average molecular weight is 205 g/mol. The van der Waals surface area contributed by atoms with E-state index in [0.29, 0.717) is 12.0 Å². The van der Waals surface area contributed by atoms with Gasteiger partial charge in [0.1, 0.15) is 0 Å². The van der Waals surface area contributed by atoms with Gasteiger partial charge in [0, 0.05) is 12.6 Å². The second-order valence-corrected chi connectivity index (χ2v) is 4.91. The summed E-state index contributed by atoms with van der Waals surface area (Å²) in [5.74, 6) is 0.691. The van der Waals surface area contributed by atoms with Crippen molar-refractivity contribution in [1.82, 2.24) is 5.32 Å². The summed E-state index contributed by atoms with van der Waals surface area (Å²) >= 11 is 0. The van der Waals surface area contributed by atoms with E-state index in [9.17, 15) is 0 Å². The van der Waals surface area contributed by atoms with Crippen molar-refractivity contribution >= 4 is 0 Å². The minimum Gasteiger partial charge on any atom is -0.310 e. The lowest BCUT2D eigenvalue weighted by molar-refractivity contribution is 0.426. The van der Waals surface area contributed by atoms with Gasteiger partial charge in [0.25, 0.3) is 0 Å². The third-order valence-corrected chi connectivity index (χ3v) is 2.91. The fourth-order valence-corrected chi connectivity index (χ4v) is 1.69. The molecule has 1 nitrogen and oxygen atoms in total. The van der Waals surface area contributed by atoms with E-state index >= 15 is 0 Å². The van der Waals surface area contributed by atoms with E-state index in [1.807, 2.05) is 0 Å². The first-order valence-corrected chi connectivity index (χ1v) is 5.79. The lowest BCUT2D eigenvalue weighted by atomic mass is 10.0. The Balaban J connectivity index is 2.57. The summed E-state index contributed by atoms with van der Waals surface area (Å²) in [6, 6.07) is 7.31. The van der Waals surface area contributed by atoms with Crippen LogP contribution in [0.2, 0.25) is 0 Å². The number of nitrogens with one attached hydrogen (secondary N) is 1. The Bertz CT molecular complexity index is 295. The van der Waals surface area contributed by atoms with Gasteiger partial charge < -0.3 is 5.32 Å². The first kappa shape index (κ1) is 12.3. The van der Waals surface area contributed by atoms with Crippen molar-refractivity contribution < 1.29 is 0 Å². The zero-order valence-electron chi connectivity index (χ0n) is 10.6. The highest BCUT2D eigenvalue weighted by Crippen LogP contribution is 2.09. The first-order chi connectivity index (χ1) is 6.99. The Labute approximate surface area is 93.9 Å². The zero-order valence-corrected chi connectivity index (χ0v) is 10.6. The molecule has 0 aromatic heterocycles. The summed E-state index contributed by atoms with van der Waals surface area (Å²) < 4.78 is 0. The van der Waals surface area contributed by atoms with Crippen LogP contribution in [0.1, 0.15) is 37.5 Å². The zero-order chi connectivity index (χ0) is 11.4. The maximum Gasteiger partial charge on any atom is 0.0208 e. The second kappa shape index (κ2) is 5.32. The normalized spacial score (nSPS) is 13.2. The van der Waals surface area contributed by atoms with E-state index in [4.69, 9.17) is 0 Å². The van der Waals surface area contributed by atoms with Gasteiger partial charge in [0.2, 0.25) is 0 Å². The molecular weight excluding hydrogens is 182 g/mol. The smallest absolute Gasteiger partial charge is 0.0208 e. The van der Waals surface area contributed by atoms with Gasteiger partial charge in [-0.25, -0.2) is 0 Å². The first-order valence-electron chi connectivity index (χ1n) is 5.79. The van der Waals surface area contributed by atoms with Crippen LogP contribution in [0.4, 0.5) is 0 Å². The summed E-state index contributed by atoms with van der Waals surface area (Å²) in [4.78, 5) is 0. The van der Waals surface area contributed by atoms with Crippen LogP contribution < -0.4 is 5.32 Å². The Hall–Kier alpha value is -0.820. The van der Waals surface area contributed by atoms with Crippen molar-refractivity contribution in [2.75, 3.05) is 0 Å². The summed E-state index contributed by atoms with van der Waals surface area (Å²) in [7, 11) is 0. The molecule has 0 aliphatic rings. The SMILES string of the molecule is Cc1cc(C)cc(CN[C@@H](C)C(C)C)c1. The van der Waals surface area contributed by atoms with Crippen molar-refractivity contribution in [2.45, 2.75) is 47.2 Å². The molecule has 84 valence electrons. The number of rotatable bonds is 4. The summed E-state index contributed by atoms with van der Waals surface area (Å²) in [6.07, 6.45) is 0. The van der Waals surface area contributed by atoms with E-state index in [-0.39, 0.29) is 0 Å². The van der Waals surface area contributed by atoms with Crippen LogP contribution in [0.25, 0.3) is 0 Å². The molecule has 0 aliphatic carbocycles. The minimum absolute atomic E-state index is 0.575. The van der Waals surface area contributed by atoms with Gasteiger partial charge in [0.15, 0.2) is 0 Å². The molecule has 0 bridgehead atoms. The highest BCUT2D eigenvalue weighted by Gasteiger charge is 2.05. The fourth-order valence-electron chi connectivity index (χ4n) is 1.69. The molecule has 0 aliphatic heterocycles. The molecule has 1 atom stereocenters. The third kappa shape index (κ3) is 4.05. The highest BCUT2D eigenvalue weighted by atomic mass is 14.9.